The molecule has 0 aromatic heterocycles. The van der Waals surface area contributed by atoms with Crippen molar-refractivity contribution in [2.45, 2.75) is 6.42 Å². The molecule has 0 aliphatic rings. The Bertz CT molecular complexity index is 223. The molecule has 0 unspecified atom stereocenters. The molecule has 60 valence electrons. The zero-order chi connectivity index (χ0) is 8.10. The van der Waals surface area contributed by atoms with Gasteiger partial charge in [0.2, 0.25) is 0 Å². The summed E-state index contributed by atoms with van der Waals surface area (Å²) in [7, 11) is 1.90. The number of hydrogen-bond acceptors (Lipinski definition) is 2. The summed E-state index contributed by atoms with van der Waals surface area (Å²) in [5.41, 5.74) is 1.00. The minimum absolute atomic E-state index is 0.391. The molecule has 0 fully saturated rings. The number of phenols is 1. The van der Waals surface area contributed by atoms with Crippen LogP contribution in [0.15, 0.2) is 24.3 Å². The van der Waals surface area contributed by atoms with E-state index in [-0.39, 0.29) is 0 Å². The summed E-state index contributed by atoms with van der Waals surface area (Å²) in [4.78, 5) is 0. The first kappa shape index (κ1) is 8.08. The van der Waals surface area contributed by atoms with Crippen LogP contribution in [0.25, 0.3) is 0 Å². The van der Waals surface area contributed by atoms with Crippen LogP contribution in [0.2, 0.25) is 0 Å². The molecule has 0 amide bonds. The van der Waals surface area contributed by atoms with Crippen LogP contribution in [0.5, 0.6) is 5.75 Å². The van der Waals surface area contributed by atoms with Crippen molar-refractivity contribution in [3.8, 4) is 5.75 Å². The third-order valence-corrected chi connectivity index (χ3v) is 1.64. The summed E-state index contributed by atoms with van der Waals surface area (Å²) in [5, 5.41) is 12.3. The molecule has 2 N–H and O–H groups in total. The highest BCUT2D eigenvalue weighted by molar-refractivity contribution is 5.31. The molecule has 2 heteroatoms. The van der Waals surface area contributed by atoms with Gasteiger partial charge in [0.05, 0.1) is 0 Å². The van der Waals surface area contributed by atoms with E-state index in [2.05, 4.69) is 5.32 Å². The summed E-state index contributed by atoms with van der Waals surface area (Å²) in [5.74, 6) is 0.391. The first-order valence-corrected chi connectivity index (χ1v) is 3.76. The van der Waals surface area contributed by atoms with Crippen molar-refractivity contribution in [3.63, 3.8) is 0 Å². The first-order valence-electron chi connectivity index (χ1n) is 3.76. The number of para-hydroxylation sites is 1. The minimum Gasteiger partial charge on any atom is -0.508 e. The molecule has 0 heterocycles. The van der Waals surface area contributed by atoms with Gasteiger partial charge in [-0.25, -0.2) is 0 Å². The molecular weight excluding hydrogens is 138 g/mol. The number of nitrogens with one attached hydrogen (secondary N) is 1. The van der Waals surface area contributed by atoms with E-state index in [0.29, 0.717) is 5.75 Å². The maximum absolute atomic E-state index is 9.31. The maximum atomic E-state index is 9.31. The normalized spacial score (nSPS) is 9.91. The van der Waals surface area contributed by atoms with E-state index in [0.717, 1.165) is 18.5 Å². The predicted molar refractivity (Wildman–Crippen MR) is 45.7 cm³/mol. The summed E-state index contributed by atoms with van der Waals surface area (Å²) < 4.78 is 0. The molecule has 0 saturated carbocycles. The van der Waals surface area contributed by atoms with E-state index in [1.54, 1.807) is 6.07 Å². The molecule has 0 saturated heterocycles. The Labute approximate surface area is 66.9 Å². The topological polar surface area (TPSA) is 32.3 Å². The molecule has 0 spiro atoms. The van der Waals surface area contributed by atoms with Crippen LogP contribution in [0, 0.1) is 0 Å². The lowest BCUT2D eigenvalue weighted by atomic mass is 10.1. The number of aromatic hydroxyl groups is 1. The zero-order valence-electron chi connectivity index (χ0n) is 6.67. The highest BCUT2D eigenvalue weighted by atomic mass is 16.3. The van der Waals surface area contributed by atoms with E-state index in [1.807, 2.05) is 25.2 Å². The fourth-order valence-electron chi connectivity index (χ4n) is 0.982. The average Bonchev–Trinajstić information content (AvgIpc) is 2.03. The van der Waals surface area contributed by atoms with E-state index < -0.39 is 0 Å². The molecule has 0 aliphatic heterocycles. The Morgan fingerprint density at radius 1 is 1.36 bits per heavy atom. The summed E-state index contributed by atoms with van der Waals surface area (Å²) >= 11 is 0. The highest BCUT2D eigenvalue weighted by Gasteiger charge is 1.96. The van der Waals surface area contributed by atoms with Gasteiger partial charge in [-0.2, -0.15) is 0 Å². The van der Waals surface area contributed by atoms with Gasteiger partial charge in [0.15, 0.2) is 0 Å². The third-order valence-electron chi connectivity index (χ3n) is 1.64. The van der Waals surface area contributed by atoms with Crippen LogP contribution in [0.3, 0.4) is 0 Å². The lowest BCUT2D eigenvalue weighted by Gasteiger charge is -2.02. The SMILES string of the molecule is CNCCc1ccccc1O. The van der Waals surface area contributed by atoms with Gasteiger partial charge >= 0.3 is 0 Å². The van der Waals surface area contributed by atoms with Crippen molar-refractivity contribution in [3.05, 3.63) is 29.8 Å². The fraction of sp³-hybridized carbons (Fsp3) is 0.333. The standard InChI is InChI=1S/C9H13NO/c1-10-7-6-8-4-2-3-5-9(8)11/h2-5,10-11H,6-7H2,1H3. The van der Waals surface area contributed by atoms with Crippen LogP contribution in [0.1, 0.15) is 5.56 Å². The van der Waals surface area contributed by atoms with Crippen molar-refractivity contribution < 1.29 is 5.11 Å². The van der Waals surface area contributed by atoms with Crippen molar-refractivity contribution >= 4 is 0 Å². The lowest BCUT2D eigenvalue weighted by molar-refractivity contribution is 0.467. The predicted octanol–water partition coefficient (Wildman–Crippen LogP) is 1.15. The van der Waals surface area contributed by atoms with E-state index in [4.69, 9.17) is 0 Å². The lowest BCUT2D eigenvalue weighted by Crippen LogP contribution is -2.10. The Morgan fingerprint density at radius 2 is 2.09 bits per heavy atom. The molecule has 0 radical (unpaired) electrons. The van der Waals surface area contributed by atoms with Crippen molar-refractivity contribution in [1.29, 1.82) is 0 Å². The van der Waals surface area contributed by atoms with Crippen LogP contribution in [-0.4, -0.2) is 18.7 Å². The van der Waals surface area contributed by atoms with Crippen LogP contribution < -0.4 is 5.32 Å². The fourth-order valence-corrected chi connectivity index (χ4v) is 0.982. The number of phenolic OH excluding ortho intramolecular Hbond substituents is 1. The molecule has 0 aliphatic carbocycles. The molecule has 1 aromatic carbocycles. The van der Waals surface area contributed by atoms with Gasteiger partial charge in [0.25, 0.3) is 0 Å². The second-order valence-electron chi connectivity index (χ2n) is 2.48. The van der Waals surface area contributed by atoms with Gasteiger partial charge in [-0.05, 0) is 31.6 Å². The van der Waals surface area contributed by atoms with Gasteiger partial charge in [-0.15, -0.1) is 0 Å². The summed E-state index contributed by atoms with van der Waals surface area (Å²) in [6, 6.07) is 7.42. The van der Waals surface area contributed by atoms with E-state index >= 15 is 0 Å². The van der Waals surface area contributed by atoms with Crippen molar-refractivity contribution in [2.75, 3.05) is 13.6 Å². The zero-order valence-corrected chi connectivity index (χ0v) is 6.67. The van der Waals surface area contributed by atoms with Crippen molar-refractivity contribution in [1.82, 2.24) is 5.32 Å². The van der Waals surface area contributed by atoms with Crippen LogP contribution in [0.4, 0.5) is 0 Å². The largest absolute Gasteiger partial charge is 0.508 e. The molecule has 0 bridgehead atoms. The number of hydrogen-bond donors (Lipinski definition) is 2. The van der Waals surface area contributed by atoms with Gasteiger partial charge < -0.3 is 10.4 Å². The van der Waals surface area contributed by atoms with Crippen LogP contribution >= 0.6 is 0 Å². The Hall–Kier alpha value is -1.02. The van der Waals surface area contributed by atoms with Crippen molar-refractivity contribution in [2.24, 2.45) is 0 Å². The Morgan fingerprint density at radius 3 is 2.73 bits per heavy atom. The van der Waals surface area contributed by atoms with Gasteiger partial charge in [-0.3, -0.25) is 0 Å². The molecule has 1 rings (SSSR count). The summed E-state index contributed by atoms with van der Waals surface area (Å²) in [6.45, 7) is 0.900. The van der Waals surface area contributed by atoms with E-state index in [1.165, 1.54) is 0 Å². The third kappa shape index (κ3) is 2.24. The Kier molecular flexibility index (Phi) is 2.93. The minimum atomic E-state index is 0.391. The monoisotopic (exact) mass is 151 g/mol. The smallest absolute Gasteiger partial charge is 0.118 e. The van der Waals surface area contributed by atoms with E-state index in [9.17, 15) is 5.11 Å². The van der Waals surface area contributed by atoms with Gasteiger partial charge in [-0.1, -0.05) is 18.2 Å². The maximum Gasteiger partial charge on any atom is 0.118 e. The molecule has 1 aromatic rings. The highest BCUT2D eigenvalue weighted by Crippen LogP contribution is 2.15. The number of likely N-dealkylation sites (N-methyl/N-ethyl adjacent to an activating group) is 1. The summed E-state index contributed by atoms with van der Waals surface area (Å²) in [6.07, 6.45) is 0.878. The second-order valence-corrected chi connectivity index (χ2v) is 2.48. The molecular formula is C9H13NO. The Balaban J connectivity index is 2.62. The quantitative estimate of drug-likeness (QED) is 0.679. The molecule has 11 heavy (non-hydrogen) atoms. The molecule has 0 atom stereocenters. The van der Waals surface area contributed by atoms with Gasteiger partial charge in [0, 0.05) is 0 Å². The average molecular weight is 151 g/mol. The molecule has 2 nitrogen and oxygen atoms in total. The number of benzene rings is 1. The second kappa shape index (κ2) is 3.98. The first-order chi connectivity index (χ1) is 5.34. The van der Waals surface area contributed by atoms with Crippen LogP contribution in [-0.2, 0) is 6.42 Å². The van der Waals surface area contributed by atoms with Gasteiger partial charge in [0.1, 0.15) is 5.75 Å². The number of rotatable bonds is 3.